The number of rotatable bonds is 10. The Labute approximate surface area is 94.8 Å². The van der Waals surface area contributed by atoms with Gasteiger partial charge in [0, 0.05) is 0 Å². The van der Waals surface area contributed by atoms with Crippen LogP contribution in [-0.2, 0) is 0 Å². The van der Waals surface area contributed by atoms with Crippen molar-refractivity contribution in [1.82, 2.24) is 0 Å². The molecule has 0 saturated heterocycles. The van der Waals surface area contributed by atoms with E-state index < -0.39 is 0 Å². The van der Waals surface area contributed by atoms with Gasteiger partial charge < -0.3 is 17.2 Å². The zero-order valence-corrected chi connectivity index (χ0v) is 10.3. The van der Waals surface area contributed by atoms with Gasteiger partial charge in [-0.3, -0.25) is 0 Å². The molecule has 0 bridgehead atoms. The highest BCUT2D eigenvalue weighted by Crippen LogP contribution is 2.26. The van der Waals surface area contributed by atoms with Crippen molar-refractivity contribution in [1.29, 1.82) is 0 Å². The van der Waals surface area contributed by atoms with Crippen molar-refractivity contribution in [3.05, 3.63) is 0 Å². The molecule has 3 nitrogen and oxygen atoms in total. The second-order valence-electron chi connectivity index (χ2n) is 4.61. The molecule has 0 radical (unpaired) electrons. The van der Waals surface area contributed by atoms with Crippen LogP contribution in [0.1, 0.15) is 51.9 Å². The SMILES string of the molecule is CCCCCCCC(CN)(CN)CCN. The highest BCUT2D eigenvalue weighted by Gasteiger charge is 2.25. The molecule has 0 atom stereocenters. The summed E-state index contributed by atoms with van der Waals surface area (Å²) < 4.78 is 0. The molecule has 15 heavy (non-hydrogen) atoms. The van der Waals surface area contributed by atoms with Crippen molar-refractivity contribution in [3.63, 3.8) is 0 Å². The van der Waals surface area contributed by atoms with Crippen LogP contribution in [0.25, 0.3) is 0 Å². The zero-order valence-electron chi connectivity index (χ0n) is 10.3. The maximum Gasteiger partial charge on any atom is -0.000796 e. The Kier molecular flexibility index (Phi) is 9.06. The first-order valence-electron chi connectivity index (χ1n) is 6.35. The monoisotopic (exact) mass is 215 g/mol. The van der Waals surface area contributed by atoms with Crippen LogP contribution in [0.3, 0.4) is 0 Å². The summed E-state index contributed by atoms with van der Waals surface area (Å²) in [7, 11) is 0. The van der Waals surface area contributed by atoms with Crippen LogP contribution in [0.15, 0.2) is 0 Å². The van der Waals surface area contributed by atoms with E-state index in [1.54, 1.807) is 0 Å². The van der Waals surface area contributed by atoms with Crippen LogP contribution >= 0.6 is 0 Å². The molecule has 0 aromatic rings. The molecule has 0 aliphatic heterocycles. The van der Waals surface area contributed by atoms with Crippen LogP contribution < -0.4 is 17.2 Å². The molecular weight excluding hydrogens is 186 g/mol. The molecule has 0 amide bonds. The summed E-state index contributed by atoms with van der Waals surface area (Å²) in [6.07, 6.45) is 8.63. The van der Waals surface area contributed by atoms with Gasteiger partial charge in [-0.15, -0.1) is 0 Å². The van der Waals surface area contributed by atoms with Gasteiger partial charge in [0.05, 0.1) is 0 Å². The van der Waals surface area contributed by atoms with E-state index in [4.69, 9.17) is 17.2 Å². The van der Waals surface area contributed by atoms with Crippen molar-refractivity contribution in [2.24, 2.45) is 22.6 Å². The first-order valence-corrected chi connectivity index (χ1v) is 6.35. The quantitative estimate of drug-likeness (QED) is 0.484. The maximum atomic E-state index is 5.81. The van der Waals surface area contributed by atoms with Gasteiger partial charge in [-0.05, 0) is 37.9 Å². The van der Waals surface area contributed by atoms with E-state index in [9.17, 15) is 0 Å². The zero-order chi connectivity index (χ0) is 11.6. The van der Waals surface area contributed by atoms with Gasteiger partial charge in [-0.2, -0.15) is 0 Å². The fraction of sp³-hybridized carbons (Fsp3) is 1.00. The summed E-state index contributed by atoms with van der Waals surface area (Å²) in [5.74, 6) is 0. The molecule has 0 fully saturated rings. The topological polar surface area (TPSA) is 78.1 Å². The van der Waals surface area contributed by atoms with Gasteiger partial charge in [0.1, 0.15) is 0 Å². The van der Waals surface area contributed by atoms with Gasteiger partial charge in [0.25, 0.3) is 0 Å². The van der Waals surface area contributed by atoms with Gasteiger partial charge in [-0.25, -0.2) is 0 Å². The summed E-state index contributed by atoms with van der Waals surface area (Å²) in [4.78, 5) is 0. The third kappa shape index (κ3) is 6.13. The molecule has 92 valence electrons. The standard InChI is InChI=1S/C12H29N3/c1-2-3-4-5-6-7-12(10-14,11-15)8-9-13/h2-11,13-15H2,1H3. The Morgan fingerprint density at radius 3 is 1.87 bits per heavy atom. The third-order valence-corrected chi connectivity index (χ3v) is 3.35. The van der Waals surface area contributed by atoms with Crippen molar-refractivity contribution < 1.29 is 0 Å². The first kappa shape index (κ1) is 14.9. The van der Waals surface area contributed by atoms with E-state index in [0.29, 0.717) is 19.6 Å². The average molecular weight is 215 g/mol. The van der Waals surface area contributed by atoms with Gasteiger partial charge >= 0.3 is 0 Å². The third-order valence-electron chi connectivity index (χ3n) is 3.35. The lowest BCUT2D eigenvalue weighted by molar-refractivity contribution is 0.255. The second kappa shape index (κ2) is 9.13. The second-order valence-corrected chi connectivity index (χ2v) is 4.61. The summed E-state index contributed by atoms with van der Waals surface area (Å²) in [6.45, 7) is 4.28. The van der Waals surface area contributed by atoms with Crippen molar-refractivity contribution in [2.45, 2.75) is 51.9 Å². The van der Waals surface area contributed by atoms with Gasteiger partial charge in [-0.1, -0.05) is 39.0 Å². The molecular formula is C12H29N3. The molecule has 0 aliphatic rings. The molecule has 6 N–H and O–H groups in total. The largest absolute Gasteiger partial charge is 0.330 e. The summed E-state index contributed by atoms with van der Waals surface area (Å²) in [6, 6.07) is 0. The van der Waals surface area contributed by atoms with E-state index in [-0.39, 0.29) is 5.41 Å². The van der Waals surface area contributed by atoms with Gasteiger partial charge in [0.2, 0.25) is 0 Å². The number of hydrogen-bond donors (Lipinski definition) is 3. The van der Waals surface area contributed by atoms with Crippen LogP contribution in [0.4, 0.5) is 0 Å². The predicted molar refractivity (Wildman–Crippen MR) is 67.6 cm³/mol. The van der Waals surface area contributed by atoms with Crippen molar-refractivity contribution >= 4 is 0 Å². The maximum absolute atomic E-state index is 5.81. The van der Waals surface area contributed by atoms with E-state index in [0.717, 1.165) is 12.8 Å². The highest BCUT2D eigenvalue weighted by molar-refractivity contribution is 4.81. The lowest BCUT2D eigenvalue weighted by Gasteiger charge is -2.30. The predicted octanol–water partition coefficient (Wildman–Crippen LogP) is 1.60. The lowest BCUT2D eigenvalue weighted by Crippen LogP contribution is -2.39. The average Bonchev–Trinajstić information content (AvgIpc) is 2.27. The number of hydrogen-bond acceptors (Lipinski definition) is 3. The minimum Gasteiger partial charge on any atom is -0.330 e. The Hall–Kier alpha value is -0.120. The molecule has 0 heterocycles. The van der Waals surface area contributed by atoms with Gasteiger partial charge in [0.15, 0.2) is 0 Å². The minimum absolute atomic E-state index is 0.112. The molecule has 0 aliphatic carbocycles. The van der Waals surface area contributed by atoms with Crippen molar-refractivity contribution in [2.75, 3.05) is 19.6 Å². The lowest BCUT2D eigenvalue weighted by atomic mass is 9.79. The molecule has 0 aromatic carbocycles. The Morgan fingerprint density at radius 1 is 0.800 bits per heavy atom. The summed E-state index contributed by atoms with van der Waals surface area (Å²) in [5, 5.41) is 0. The van der Waals surface area contributed by atoms with E-state index >= 15 is 0 Å². The van der Waals surface area contributed by atoms with Crippen molar-refractivity contribution in [3.8, 4) is 0 Å². The van der Waals surface area contributed by atoms with E-state index in [1.807, 2.05) is 0 Å². The molecule has 0 unspecified atom stereocenters. The van der Waals surface area contributed by atoms with Crippen LogP contribution in [0.2, 0.25) is 0 Å². The highest BCUT2D eigenvalue weighted by atomic mass is 14.7. The minimum atomic E-state index is 0.112. The molecule has 3 heteroatoms. The van der Waals surface area contributed by atoms with E-state index in [1.165, 1.54) is 32.1 Å². The normalized spacial score (nSPS) is 12.0. The molecule has 0 spiro atoms. The van der Waals surface area contributed by atoms with E-state index in [2.05, 4.69) is 6.92 Å². The molecule has 0 aromatic heterocycles. The number of unbranched alkanes of at least 4 members (excludes halogenated alkanes) is 4. The molecule has 0 rings (SSSR count). The summed E-state index contributed by atoms with van der Waals surface area (Å²) in [5.41, 5.74) is 17.3. The fourth-order valence-electron chi connectivity index (χ4n) is 2.03. The summed E-state index contributed by atoms with van der Waals surface area (Å²) >= 11 is 0. The van der Waals surface area contributed by atoms with Crippen LogP contribution in [0.5, 0.6) is 0 Å². The molecule has 0 saturated carbocycles. The Morgan fingerprint density at radius 2 is 1.40 bits per heavy atom. The fourth-order valence-corrected chi connectivity index (χ4v) is 2.03. The first-order chi connectivity index (χ1) is 7.24. The van der Waals surface area contributed by atoms with Crippen LogP contribution in [-0.4, -0.2) is 19.6 Å². The number of nitrogens with two attached hydrogens (primary N) is 3. The van der Waals surface area contributed by atoms with Crippen LogP contribution in [0, 0.1) is 5.41 Å². The Balaban J connectivity index is 3.74. The Bertz CT molecular complexity index is 133. The smallest absolute Gasteiger partial charge is 0.000796 e.